The van der Waals surface area contributed by atoms with Crippen LogP contribution >= 0.6 is 0 Å². The van der Waals surface area contributed by atoms with Crippen LogP contribution in [-0.2, 0) is 4.74 Å². The average Bonchev–Trinajstić information content (AvgIpc) is 2.40. The topological polar surface area (TPSA) is 24.5 Å². The summed E-state index contributed by atoms with van der Waals surface area (Å²) in [7, 11) is 4.38. The predicted molar refractivity (Wildman–Crippen MR) is 80.5 cm³/mol. The Balaban J connectivity index is 1.81. The molecular weight excluding hydrogens is 236 g/mol. The lowest BCUT2D eigenvalue weighted by atomic mass is 9.73. The molecule has 2 rings (SSSR count). The van der Waals surface area contributed by atoms with Gasteiger partial charge in [-0.3, -0.25) is 0 Å². The van der Waals surface area contributed by atoms with E-state index >= 15 is 0 Å². The van der Waals surface area contributed by atoms with Crippen LogP contribution in [0.15, 0.2) is 0 Å². The Kier molecular flexibility index (Phi) is 6.11. The third-order valence-electron chi connectivity index (χ3n) is 4.86. The van der Waals surface area contributed by atoms with E-state index in [1.165, 1.54) is 64.5 Å². The van der Waals surface area contributed by atoms with Gasteiger partial charge < -0.3 is 15.0 Å². The Labute approximate surface area is 119 Å². The second kappa shape index (κ2) is 7.61. The highest BCUT2D eigenvalue weighted by Gasteiger charge is 2.33. The minimum atomic E-state index is 0.481. The molecule has 0 bridgehead atoms. The molecule has 3 nitrogen and oxygen atoms in total. The highest BCUT2D eigenvalue weighted by molar-refractivity contribution is 4.87. The van der Waals surface area contributed by atoms with Gasteiger partial charge in [-0.1, -0.05) is 19.3 Å². The van der Waals surface area contributed by atoms with Gasteiger partial charge in [-0.2, -0.15) is 0 Å². The Morgan fingerprint density at radius 3 is 2.58 bits per heavy atom. The van der Waals surface area contributed by atoms with E-state index in [4.69, 9.17) is 4.74 Å². The quantitative estimate of drug-likeness (QED) is 0.801. The molecule has 0 radical (unpaired) electrons. The third-order valence-corrected chi connectivity index (χ3v) is 4.86. The maximum absolute atomic E-state index is 5.87. The lowest BCUT2D eigenvalue weighted by Gasteiger charge is -2.41. The summed E-state index contributed by atoms with van der Waals surface area (Å²) in [6, 6.07) is 0. The third kappa shape index (κ3) is 4.73. The molecule has 1 atom stereocenters. The molecule has 0 amide bonds. The molecular formula is C16H32N2O. The van der Waals surface area contributed by atoms with Gasteiger partial charge in [0.2, 0.25) is 0 Å². The van der Waals surface area contributed by atoms with E-state index in [0.717, 1.165) is 13.2 Å². The van der Waals surface area contributed by atoms with E-state index < -0.39 is 0 Å². The number of hydrogen-bond donors (Lipinski definition) is 1. The molecule has 1 saturated heterocycles. The van der Waals surface area contributed by atoms with Crippen LogP contribution in [0.5, 0.6) is 0 Å². The first-order valence-electron chi connectivity index (χ1n) is 8.19. The number of nitrogens with zero attached hydrogens (tertiary/aromatic N) is 1. The standard InChI is InChI=1S/C16H32N2O/c1-17-13-16(9-5-3-6-10-16)14-18(2)12-15-8-4-7-11-19-15/h15,17H,3-14H2,1-2H3. The molecule has 1 unspecified atom stereocenters. The van der Waals surface area contributed by atoms with Crippen LogP contribution in [0.4, 0.5) is 0 Å². The zero-order valence-corrected chi connectivity index (χ0v) is 12.9. The minimum absolute atomic E-state index is 0.481. The zero-order chi connectivity index (χ0) is 13.6. The average molecular weight is 268 g/mol. The Hall–Kier alpha value is -0.120. The van der Waals surface area contributed by atoms with Crippen LogP contribution in [0.1, 0.15) is 51.4 Å². The van der Waals surface area contributed by atoms with Crippen molar-refractivity contribution in [1.82, 2.24) is 10.2 Å². The summed E-state index contributed by atoms with van der Waals surface area (Å²) < 4.78 is 5.87. The van der Waals surface area contributed by atoms with Gasteiger partial charge >= 0.3 is 0 Å². The summed E-state index contributed by atoms with van der Waals surface area (Å²) in [5.74, 6) is 0. The second-order valence-electron chi connectivity index (χ2n) is 6.78. The lowest BCUT2D eigenvalue weighted by Crippen LogP contribution is -2.45. The van der Waals surface area contributed by atoms with Gasteiger partial charge in [0.05, 0.1) is 6.10 Å². The van der Waals surface area contributed by atoms with Crippen LogP contribution in [0, 0.1) is 5.41 Å². The van der Waals surface area contributed by atoms with Crippen molar-refractivity contribution in [1.29, 1.82) is 0 Å². The summed E-state index contributed by atoms with van der Waals surface area (Å²) in [5, 5.41) is 3.43. The number of hydrogen-bond acceptors (Lipinski definition) is 3. The van der Waals surface area contributed by atoms with Gasteiger partial charge in [-0.05, 0) is 51.6 Å². The van der Waals surface area contributed by atoms with E-state index in [0.29, 0.717) is 11.5 Å². The predicted octanol–water partition coefficient (Wildman–Crippen LogP) is 2.66. The highest BCUT2D eigenvalue weighted by atomic mass is 16.5. The molecule has 3 heteroatoms. The van der Waals surface area contributed by atoms with Crippen molar-refractivity contribution in [2.24, 2.45) is 5.41 Å². The fourth-order valence-electron chi connectivity index (χ4n) is 4.00. The van der Waals surface area contributed by atoms with Crippen molar-refractivity contribution in [3.05, 3.63) is 0 Å². The van der Waals surface area contributed by atoms with Crippen molar-refractivity contribution < 1.29 is 4.74 Å². The Bertz CT molecular complexity index is 240. The largest absolute Gasteiger partial charge is 0.377 e. The molecule has 1 heterocycles. The molecule has 1 aliphatic carbocycles. The maximum Gasteiger partial charge on any atom is 0.0701 e. The van der Waals surface area contributed by atoms with Gasteiger partial charge in [0.1, 0.15) is 0 Å². The molecule has 0 aromatic rings. The Morgan fingerprint density at radius 1 is 1.16 bits per heavy atom. The molecule has 1 saturated carbocycles. The first kappa shape index (κ1) is 15.3. The van der Waals surface area contributed by atoms with Crippen LogP contribution < -0.4 is 5.32 Å². The summed E-state index contributed by atoms with van der Waals surface area (Å²) in [4.78, 5) is 2.53. The number of likely N-dealkylation sites (N-methyl/N-ethyl adjacent to an activating group) is 1. The molecule has 0 aromatic carbocycles. The highest BCUT2D eigenvalue weighted by Crippen LogP contribution is 2.36. The van der Waals surface area contributed by atoms with E-state index in [-0.39, 0.29) is 0 Å². The fraction of sp³-hybridized carbons (Fsp3) is 1.00. The number of rotatable bonds is 6. The van der Waals surface area contributed by atoms with Gasteiger partial charge in [0, 0.05) is 26.2 Å². The van der Waals surface area contributed by atoms with E-state index in [2.05, 4.69) is 24.3 Å². The van der Waals surface area contributed by atoms with Crippen molar-refractivity contribution in [3.8, 4) is 0 Å². The minimum Gasteiger partial charge on any atom is -0.377 e. The molecule has 112 valence electrons. The second-order valence-corrected chi connectivity index (χ2v) is 6.78. The smallest absolute Gasteiger partial charge is 0.0701 e. The molecule has 0 aromatic heterocycles. The van der Waals surface area contributed by atoms with Crippen LogP contribution in [-0.4, -0.2) is 51.3 Å². The normalized spacial score (nSPS) is 27.6. The maximum atomic E-state index is 5.87. The van der Waals surface area contributed by atoms with Gasteiger partial charge in [0.15, 0.2) is 0 Å². The summed E-state index contributed by atoms with van der Waals surface area (Å²) >= 11 is 0. The van der Waals surface area contributed by atoms with E-state index in [1.807, 2.05) is 0 Å². The van der Waals surface area contributed by atoms with Crippen molar-refractivity contribution in [3.63, 3.8) is 0 Å². The Morgan fingerprint density at radius 2 is 1.95 bits per heavy atom. The summed E-state index contributed by atoms with van der Waals surface area (Å²) in [5.41, 5.74) is 0.510. The molecule has 2 fully saturated rings. The molecule has 19 heavy (non-hydrogen) atoms. The molecule has 2 aliphatic rings. The van der Waals surface area contributed by atoms with Crippen molar-refractivity contribution in [2.45, 2.75) is 57.5 Å². The molecule has 1 aliphatic heterocycles. The van der Waals surface area contributed by atoms with Crippen molar-refractivity contribution in [2.75, 3.05) is 40.3 Å². The number of nitrogens with one attached hydrogen (secondary N) is 1. The molecule has 0 spiro atoms. The number of ether oxygens (including phenoxy) is 1. The van der Waals surface area contributed by atoms with Crippen LogP contribution in [0.25, 0.3) is 0 Å². The van der Waals surface area contributed by atoms with Gasteiger partial charge in [-0.15, -0.1) is 0 Å². The van der Waals surface area contributed by atoms with Crippen LogP contribution in [0.3, 0.4) is 0 Å². The van der Waals surface area contributed by atoms with Gasteiger partial charge in [0.25, 0.3) is 0 Å². The molecule has 1 N–H and O–H groups in total. The summed E-state index contributed by atoms with van der Waals surface area (Å²) in [6.45, 7) is 4.49. The van der Waals surface area contributed by atoms with E-state index in [1.54, 1.807) is 0 Å². The fourth-order valence-corrected chi connectivity index (χ4v) is 4.00. The zero-order valence-electron chi connectivity index (χ0n) is 12.9. The lowest BCUT2D eigenvalue weighted by molar-refractivity contribution is -0.0104. The summed E-state index contributed by atoms with van der Waals surface area (Å²) in [6.07, 6.45) is 11.4. The first-order valence-corrected chi connectivity index (χ1v) is 8.19. The van der Waals surface area contributed by atoms with Crippen molar-refractivity contribution >= 4 is 0 Å². The van der Waals surface area contributed by atoms with E-state index in [9.17, 15) is 0 Å². The van der Waals surface area contributed by atoms with Crippen LogP contribution in [0.2, 0.25) is 0 Å². The first-order chi connectivity index (χ1) is 9.24. The SMILES string of the molecule is CNCC1(CN(C)CC2CCCCO2)CCCCC1. The monoisotopic (exact) mass is 268 g/mol. The van der Waals surface area contributed by atoms with Gasteiger partial charge in [-0.25, -0.2) is 0 Å².